The molecule has 76 valence electrons. The molecule has 1 aromatic heterocycles. The van der Waals surface area contributed by atoms with Gasteiger partial charge in [-0.1, -0.05) is 0 Å². The molecule has 0 aliphatic carbocycles. The lowest BCUT2D eigenvalue weighted by Crippen LogP contribution is -2.19. The van der Waals surface area contributed by atoms with Crippen LogP contribution in [0.4, 0.5) is 0 Å². The van der Waals surface area contributed by atoms with Crippen LogP contribution in [0.5, 0.6) is 0 Å². The molecule has 0 fully saturated rings. The molecule has 0 saturated carbocycles. The van der Waals surface area contributed by atoms with E-state index in [4.69, 9.17) is 16.6 Å². The van der Waals surface area contributed by atoms with E-state index in [9.17, 15) is 9.59 Å². The first-order valence-electron chi connectivity index (χ1n) is 3.84. The Morgan fingerprint density at radius 1 is 1.43 bits per heavy atom. The van der Waals surface area contributed by atoms with Gasteiger partial charge in [0.05, 0.1) is 6.61 Å². The molecular formula is C7H10N4O3. The lowest BCUT2D eigenvalue weighted by atomic mass is 10.5. The van der Waals surface area contributed by atoms with E-state index in [1.54, 1.807) is 0 Å². The first-order valence-corrected chi connectivity index (χ1v) is 3.84. The number of imidazole rings is 1. The Morgan fingerprint density at radius 2 is 2.07 bits per heavy atom. The van der Waals surface area contributed by atoms with Crippen molar-refractivity contribution in [1.29, 1.82) is 0 Å². The van der Waals surface area contributed by atoms with Crippen molar-refractivity contribution >= 4 is 11.8 Å². The van der Waals surface area contributed by atoms with Gasteiger partial charge in [0.15, 0.2) is 5.82 Å². The minimum atomic E-state index is -0.772. The normalized spacial score (nSPS) is 10.1. The van der Waals surface area contributed by atoms with Crippen LogP contribution in [0.1, 0.15) is 21.1 Å². The van der Waals surface area contributed by atoms with E-state index in [1.165, 1.54) is 10.8 Å². The molecule has 0 radical (unpaired) electrons. The number of rotatable bonds is 4. The van der Waals surface area contributed by atoms with Crippen molar-refractivity contribution in [3.05, 3.63) is 17.7 Å². The van der Waals surface area contributed by atoms with E-state index in [-0.39, 0.29) is 24.7 Å². The van der Waals surface area contributed by atoms with Crippen molar-refractivity contribution in [3.63, 3.8) is 0 Å². The minimum Gasteiger partial charge on any atom is -0.395 e. The van der Waals surface area contributed by atoms with Crippen molar-refractivity contribution in [1.82, 2.24) is 9.55 Å². The molecule has 0 spiro atoms. The molecule has 14 heavy (non-hydrogen) atoms. The second-order valence-electron chi connectivity index (χ2n) is 2.60. The van der Waals surface area contributed by atoms with Gasteiger partial charge in [-0.2, -0.15) is 0 Å². The maximum atomic E-state index is 10.8. The third-order valence-electron chi connectivity index (χ3n) is 1.59. The summed E-state index contributed by atoms with van der Waals surface area (Å²) in [5.74, 6) is -1.61. The number of nitrogens with two attached hydrogens (primary N) is 2. The molecule has 0 unspecified atom stereocenters. The molecular weight excluding hydrogens is 188 g/mol. The fourth-order valence-corrected chi connectivity index (χ4v) is 1.01. The van der Waals surface area contributed by atoms with E-state index in [0.717, 1.165) is 0 Å². The van der Waals surface area contributed by atoms with Crippen molar-refractivity contribution in [3.8, 4) is 0 Å². The summed E-state index contributed by atoms with van der Waals surface area (Å²) < 4.78 is 1.28. The Bertz CT molecular complexity index is 371. The molecule has 0 bridgehead atoms. The number of primary amides is 2. The molecule has 1 aromatic rings. The zero-order chi connectivity index (χ0) is 10.7. The monoisotopic (exact) mass is 198 g/mol. The van der Waals surface area contributed by atoms with Crippen LogP contribution in [-0.2, 0) is 6.54 Å². The number of aliphatic hydroxyl groups is 1. The summed E-state index contributed by atoms with van der Waals surface area (Å²) >= 11 is 0. The highest BCUT2D eigenvalue weighted by Gasteiger charge is 2.14. The highest BCUT2D eigenvalue weighted by atomic mass is 16.3. The van der Waals surface area contributed by atoms with Gasteiger partial charge >= 0.3 is 0 Å². The largest absolute Gasteiger partial charge is 0.395 e. The quantitative estimate of drug-likeness (QED) is 0.521. The van der Waals surface area contributed by atoms with Crippen LogP contribution in [0.15, 0.2) is 6.20 Å². The van der Waals surface area contributed by atoms with E-state index in [0.29, 0.717) is 0 Å². The van der Waals surface area contributed by atoms with E-state index >= 15 is 0 Å². The maximum absolute atomic E-state index is 10.8. The number of aliphatic hydroxyl groups excluding tert-OH is 1. The smallest absolute Gasteiger partial charge is 0.284 e. The predicted octanol–water partition coefficient (Wildman–Crippen LogP) is -1.93. The average Bonchev–Trinajstić information content (AvgIpc) is 2.49. The Hall–Kier alpha value is -1.89. The highest BCUT2D eigenvalue weighted by Crippen LogP contribution is 2.02. The molecule has 2 amide bonds. The molecule has 7 nitrogen and oxygen atoms in total. The van der Waals surface area contributed by atoms with Gasteiger partial charge in [0, 0.05) is 12.7 Å². The lowest BCUT2D eigenvalue weighted by Gasteiger charge is -2.00. The maximum Gasteiger partial charge on any atom is 0.284 e. The van der Waals surface area contributed by atoms with Gasteiger partial charge in [-0.3, -0.25) is 9.59 Å². The van der Waals surface area contributed by atoms with E-state index in [2.05, 4.69) is 4.98 Å². The minimum absolute atomic E-state index is 0.0488. The summed E-state index contributed by atoms with van der Waals surface area (Å²) in [4.78, 5) is 25.2. The van der Waals surface area contributed by atoms with Gasteiger partial charge < -0.3 is 21.1 Å². The number of hydrogen-bond acceptors (Lipinski definition) is 4. The molecule has 1 rings (SSSR count). The molecule has 0 aliphatic rings. The van der Waals surface area contributed by atoms with Crippen LogP contribution in [0, 0.1) is 0 Å². The third kappa shape index (κ3) is 1.88. The number of nitrogens with zero attached hydrogens (tertiary/aromatic N) is 2. The average molecular weight is 198 g/mol. The van der Waals surface area contributed by atoms with Crippen LogP contribution in [0.2, 0.25) is 0 Å². The number of hydrogen-bond donors (Lipinski definition) is 3. The molecule has 7 heteroatoms. The van der Waals surface area contributed by atoms with Gasteiger partial charge in [-0.05, 0) is 0 Å². The number of carbonyl (C=O) groups excluding carboxylic acids is 2. The summed E-state index contributed by atoms with van der Waals surface area (Å²) in [5.41, 5.74) is 9.92. The second-order valence-corrected chi connectivity index (χ2v) is 2.60. The van der Waals surface area contributed by atoms with Gasteiger partial charge in [-0.25, -0.2) is 4.98 Å². The SMILES string of the molecule is NC(=O)c1cn(CCO)c(C(N)=O)n1. The summed E-state index contributed by atoms with van der Waals surface area (Å²) in [7, 11) is 0. The van der Waals surface area contributed by atoms with Gasteiger partial charge in [0.25, 0.3) is 11.8 Å². The third-order valence-corrected chi connectivity index (χ3v) is 1.59. The van der Waals surface area contributed by atoms with E-state index < -0.39 is 11.8 Å². The summed E-state index contributed by atoms with van der Waals surface area (Å²) in [6, 6.07) is 0. The Balaban J connectivity index is 3.12. The molecule has 5 N–H and O–H groups in total. The van der Waals surface area contributed by atoms with Gasteiger partial charge in [-0.15, -0.1) is 0 Å². The fourth-order valence-electron chi connectivity index (χ4n) is 1.01. The zero-order valence-electron chi connectivity index (χ0n) is 7.30. The Kier molecular flexibility index (Phi) is 2.82. The molecule has 1 heterocycles. The topological polar surface area (TPSA) is 124 Å². The van der Waals surface area contributed by atoms with Crippen molar-refractivity contribution in [2.45, 2.75) is 6.54 Å². The summed E-state index contributed by atoms with van der Waals surface area (Å²) in [5, 5.41) is 8.66. The van der Waals surface area contributed by atoms with Crippen LogP contribution >= 0.6 is 0 Å². The van der Waals surface area contributed by atoms with Crippen molar-refractivity contribution in [2.75, 3.05) is 6.61 Å². The first kappa shape index (κ1) is 10.2. The molecule has 0 aliphatic heterocycles. The summed E-state index contributed by atoms with van der Waals surface area (Å²) in [6.45, 7) is -0.0482. The van der Waals surface area contributed by atoms with Gasteiger partial charge in [0.1, 0.15) is 5.69 Å². The van der Waals surface area contributed by atoms with Crippen LogP contribution < -0.4 is 11.5 Å². The van der Waals surface area contributed by atoms with Crippen LogP contribution in [-0.4, -0.2) is 33.1 Å². The lowest BCUT2D eigenvalue weighted by molar-refractivity contribution is 0.0985. The van der Waals surface area contributed by atoms with E-state index in [1.807, 2.05) is 0 Å². The number of carbonyl (C=O) groups is 2. The summed E-state index contributed by atoms with van der Waals surface area (Å²) in [6.07, 6.45) is 1.28. The molecule has 0 atom stereocenters. The standard InChI is InChI=1S/C7H10N4O3/c8-5(13)4-3-11(1-2-12)7(10-4)6(9)14/h3,12H,1-2H2,(H2,8,13)(H2,9,14). The second kappa shape index (κ2) is 3.88. The number of aromatic nitrogens is 2. The zero-order valence-corrected chi connectivity index (χ0v) is 7.30. The predicted molar refractivity (Wildman–Crippen MR) is 46.3 cm³/mol. The highest BCUT2D eigenvalue weighted by molar-refractivity contribution is 5.94. The van der Waals surface area contributed by atoms with Crippen molar-refractivity contribution < 1.29 is 14.7 Å². The Labute approximate surface area is 79.3 Å². The molecule has 0 saturated heterocycles. The fraction of sp³-hybridized carbons (Fsp3) is 0.286. The van der Waals surface area contributed by atoms with Crippen molar-refractivity contribution in [2.24, 2.45) is 11.5 Å². The van der Waals surface area contributed by atoms with Crippen LogP contribution in [0.25, 0.3) is 0 Å². The first-order chi connectivity index (χ1) is 6.56. The van der Waals surface area contributed by atoms with Gasteiger partial charge in [0.2, 0.25) is 0 Å². The Morgan fingerprint density at radius 3 is 2.50 bits per heavy atom. The van der Waals surface area contributed by atoms with Crippen LogP contribution in [0.3, 0.4) is 0 Å². The molecule has 0 aromatic carbocycles. The number of amides is 2.